The van der Waals surface area contributed by atoms with Crippen molar-refractivity contribution in [2.24, 2.45) is 0 Å². The second kappa shape index (κ2) is 6.90. The molecule has 138 valence electrons. The van der Waals surface area contributed by atoms with E-state index in [0.717, 1.165) is 23.1 Å². The standard InChI is InChI=1S/C23H15F2NO2/c1-2-13-5-8-17-15(9-13)10-19-18(17)11-20(24)21(22(19)25)23(27)28-16-6-3-14(12-26)4-7-16/h3-9,11H,2,10H2,1H3. The number of fused-ring (bicyclic) bond motifs is 3. The molecular weight excluding hydrogens is 360 g/mol. The molecule has 3 aromatic carbocycles. The molecule has 0 aromatic heterocycles. The van der Waals surface area contributed by atoms with E-state index in [1.807, 2.05) is 31.2 Å². The van der Waals surface area contributed by atoms with Crippen molar-refractivity contribution in [3.8, 4) is 22.9 Å². The molecule has 0 radical (unpaired) electrons. The molecule has 0 unspecified atom stereocenters. The zero-order chi connectivity index (χ0) is 19.8. The summed E-state index contributed by atoms with van der Waals surface area (Å²) in [5, 5.41) is 8.80. The summed E-state index contributed by atoms with van der Waals surface area (Å²) in [6.07, 6.45) is 1.16. The number of nitrogens with zero attached hydrogens (tertiary/aromatic N) is 1. The zero-order valence-corrected chi connectivity index (χ0v) is 15.1. The number of ether oxygens (including phenoxy) is 1. The first-order valence-corrected chi connectivity index (χ1v) is 8.87. The molecule has 0 aliphatic heterocycles. The maximum atomic E-state index is 15.1. The first kappa shape index (κ1) is 17.9. The number of carbonyl (C=O) groups excluding carboxylic acids is 1. The van der Waals surface area contributed by atoms with Gasteiger partial charge in [0.05, 0.1) is 11.6 Å². The summed E-state index contributed by atoms with van der Waals surface area (Å²) in [4.78, 5) is 12.4. The van der Waals surface area contributed by atoms with Crippen LogP contribution in [0.15, 0.2) is 48.5 Å². The van der Waals surface area contributed by atoms with E-state index in [0.29, 0.717) is 23.1 Å². The van der Waals surface area contributed by atoms with Gasteiger partial charge in [-0.2, -0.15) is 5.26 Å². The highest BCUT2D eigenvalue weighted by Gasteiger charge is 2.30. The Morgan fingerprint density at radius 3 is 2.54 bits per heavy atom. The van der Waals surface area contributed by atoms with Crippen molar-refractivity contribution in [2.45, 2.75) is 19.8 Å². The second-order valence-electron chi connectivity index (χ2n) is 6.62. The van der Waals surface area contributed by atoms with E-state index in [1.54, 1.807) is 0 Å². The minimum atomic E-state index is -1.10. The highest BCUT2D eigenvalue weighted by Crippen LogP contribution is 2.40. The van der Waals surface area contributed by atoms with Gasteiger partial charge in [0, 0.05) is 12.0 Å². The van der Waals surface area contributed by atoms with E-state index < -0.39 is 23.2 Å². The lowest BCUT2D eigenvalue weighted by molar-refractivity contribution is 0.0724. The van der Waals surface area contributed by atoms with Gasteiger partial charge in [0.1, 0.15) is 22.9 Å². The van der Waals surface area contributed by atoms with Gasteiger partial charge in [-0.1, -0.05) is 25.1 Å². The van der Waals surface area contributed by atoms with Gasteiger partial charge in [0.2, 0.25) is 0 Å². The molecular formula is C23H15F2NO2. The lowest BCUT2D eigenvalue weighted by atomic mass is 10.0. The van der Waals surface area contributed by atoms with Crippen LogP contribution in [0.4, 0.5) is 8.78 Å². The van der Waals surface area contributed by atoms with Crippen molar-refractivity contribution < 1.29 is 18.3 Å². The molecule has 3 aromatic rings. The largest absolute Gasteiger partial charge is 0.423 e. The van der Waals surface area contributed by atoms with Crippen molar-refractivity contribution in [1.29, 1.82) is 5.26 Å². The minimum Gasteiger partial charge on any atom is -0.423 e. The van der Waals surface area contributed by atoms with Gasteiger partial charge in [-0.05, 0) is 59.0 Å². The summed E-state index contributed by atoms with van der Waals surface area (Å²) in [6, 6.07) is 14.7. The predicted octanol–water partition coefficient (Wildman–Crippen LogP) is 5.19. The highest BCUT2D eigenvalue weighted by atomic mass is 19.1. The van der Waals surface area contributed by atoms with Crippen LogP contribution in [0.2, 0.25) is 0 Å². The maximum Gasteiger partial charge on any atom is 0.349 e. The number of hydrogen-bond donors (Lipinski definition) is 0. The second-order valence-corrected chi connectivity index (χ2v) is 6.62. The number of halogens is 2. The summed E-state index contributed by atoms with van der Waals surface area (Å²) in [7, 11) is 0. The van der Waals surface area contributed by atoms with Crippen molar-refractivity contribution in [3.05, 3.63) is 88.0 Å². The zero-order valence-electron chi connectivity index (χ0n) is 15.1. The van der Waals surface area contributed by atoms with Gasteiger partial charge < -0.3 is 4.74 Å². The smallest absolute Gasteiger partial charge is 0.349 e. The molecule has 0 saturated heterocycles. The van der Waals surface area contributed by atoms with Gasteiger partial charge >= 0.3 is 5.97 Å². The van der Waals surface area contributed by atoms with Gasteiger partial charge in [-0.15, -0.1) is 0 Å². The number of carbonyl (C=O) groups is 1. The predicted molar refractivity (Wildman–Crippen MR) is 100 cm³/mol. The van der Waals surface area contributed by atoms with Crippen LogP contribution in [0.5, 0.6) is 5.75 Å². The molecule has 0 spiro atoms. The molecule has 5 heteroatoms. The van der Waals surface area contributed by atoms with Gasteiger partial charge in [-0.25, -0.2) is 13.6 Å². The van der Waals surface area contributed by atoms with Crippen LogP contribution in [0.25, 0.3) is 11.1 Å². The molecule has 0 amide bonds. The van der Waals surface area contributed by atoms with Gasteiger partial charge in [0.15, 0.2) is 0 Å². The van der Waals surface area contributed by atoms with Crippen molar-refractivity contribution in [1.82, 2.24) is 0 Å². The number of esters is 1. The van der Waals surface area contributed by atoms with E-state index in [9.17, 15) is 9.18 Å². The van der Waals surface area contributed by atoms with Crippen LogP contribution in [0.1, 0.15) is 39.5 Å². The lowest BCUT2D eigenvalue weighted by Crippen LogP contribution is -2.14. The molecule has 4 rings (SSSR count). The Bertz CT molecular complexity index is 1140. The minimum absolute atomic E-state index is 0.110. The number of nitriles is 1. The van der Waals surface area contributed by atoms with Crippen LogP contribution in [-0.4, -0.2) is 5.97 Å². The molecule has 0 saturated carbocycles. The quantitative estimate of drug-likeness (QED) is 0.366. The molecule has 3 nitrogen and oxygen atoms in total. The Morgan fingerprint density at radius 1 is 1.11 bits per heavy atom. The third kappa shape index (κ3) is 2.93. The Hall–Kier alpha value is -3.52. The van der Waals surface area contributed by atoms with E-state index >= 15 is 4.39 Å². The number of rotatable bonds is 3. The number of hydrogen-bond acceptors (Lipinski definition) is 3. The molecule has 28 heavy (non-hydrogen) atoms. The molecule has 1 aliphatic carbocycles. The topological polar surface area (TPSA) is 50.1 Å². The van der Waals surface area contributed by atoms with Crippen LogP contribution in [0, 0.1) is 23.0 Å². The molecule has 0 heterocycles. The average molecular weight is 375 g/mol. The van der Waals surface area contributed by atoms with E-state index in [1.165, 1.54) is 30.3 Å². The fourth-order valence-electron chi connectivity index (χ4n) is 3.48. The van der Waals surface area contributed by atoms with Crippen molar-refractivity contribution in [2.75, 3.05) is 0 Å². The summed E-state index contributed by atoms with van der Waals surface area (Å²) in [6.45, 7) is 2.03. The highest BCUT2D eigenvalue weighted by molar-refractivity contribution is 5.94. The maximum absolute atomic E-state index is 15.1. The summed E-state index contributed by atoms with van der Waals surface area (Å²) >= 11 is 0. The first-order valence-electron chi connectivity index (χ1n) is 8.87. The fourth-order valence-corrected chi connectivity index (χ4v) is 3.48. The Labute approximate surface area is 160 Å². The monoisotopic (exact) mass is 375 g/mol. The molecule has 0 fully saturated rings. The third-order valence-electron chi connectivity index (χ3n) is 4.95. The summed E-state index contributed by atoms with van der Waals surface area (Å²) in [5.41, 5.74) is 3.29. The first-order chi connectivity index (χ1) is 13.5. The van der Waals surface area contributed by atoms with E-state index in [2.05, 4.69) is 0 Å². The van der Waals surface area contributed by atoms with Crippen molar-refractivity contribution in [3.63, 3.8) is 0 Å². The van der Waals surface area contributed by atoms with E-state index in [-0.39, 0.29) is 5.75 Å². The molecule has 0 atom stereocenters. The Morgan fingerprint density at radius 2 is 1.86 bits per heavy atom. The van der Waals surface area contributed by atoms with Crippen molar-refractivity contribution >= 4 is 5.97 Å². The Balaban J connectivity index is 1.69. The summed E-state index contributed by atoms with van der Waals surface area (Å²) < 4.78 is 34.8. The molecule has 1 aliphatic rings. The lowest BCUT2D eigenvalue weighted by Gasteiger charge is -2.10. The van der Waals surface area contributed by atoms with Crippen LogP contribution < -0.4 is 4.74 Å². The number of aryl methyl sites for hydroxylation is 1. The SMILES string of the molecule is CCc1ccc2c(c1)Cc1c-2cc(F)c(C(=O)Oc2ccc(C#N)cc2)c1F. The molecule has 0 bridgehead atoms. The van der Waals surface area contributed by atoms with Crippen LogP contribution >= 0.6 is 0 Å². The van der Waals surface area contributed by atoms with Gasteiger partial charge in [0.25, 0.3) is 0 Å². The van der Waals surface area contributed by atoms with E-state index in [4.69, 9.17) is 10.00 Å². The third-order valence-corrected chi connectivity index (χ3v) is 4.95. The Kier molecular flexibility index (Phi) is 4.40. The number of benzene rings is 3. The van der Waals surface area contributed by atoms with Gasteiger partial charge in [-0.3, -0.25) is 0 Å². The van der Waals surface area contributed by atoms with Crippen LogP contribution in [0.3, 0.4) is 0 Å². The summed E-state index contributed by atoms with van der Waals surface area (Å²) in [5.74, 6) is -2.84. The normalized spacial score (nSPS) is 11.5. The average Bonchev–Trinajstić information content (AvgIpc) is 3.06. The fraction of sp³-hybridized carbons (Fsp3) is 0.130. The van der Waals surface area contributed by atoms with Crippen LogP contribution in [-0.2, 0) is 12.8 Å². The molecule has 0 N–H and O–H groups in total.